The van der Waals surface area contributed by atoms with Gasteiger partial charge in [-0.3, -0.25) is 14.9 Å². The van der Waals surface area contributed by atoms with Crippen LogP contribution < -0.4 is 10.2 Å². The summed E-state index contributed by atoms with van der Waals surface area (Å²) in [5.41, 5.74) is 4.43. The number of quaternary nitrogens is 1. The number of amides is 2. The lowest BCUT2D eigenvalue weighted by molar-refractivity contribution is -0.384. The molecule has 2 rings (SSSR count). The number of carbonyl (C=O) groups is 2. The van der Waals surface area contributed by atoms with E-state index in [-0.39, 0.29) is 29.4 Å². The maximum Gasteiger partial charge on any atom is 0.528 e. The molecule has 24 heavy (non-hydrogen) atoms. The predicted molar refractivity (Wildman–Crippen MR) is 88.0 cm³/mol. The Morgan fingerprint density at radius 1 is 1.38 bits per heavy atom. The van der Waals surface area contributed by atoms with E-state index in [1.54, 1.807) is 27.7 Å². The van der Waals surface area contributed by atoms with Crippen LogP contribution in [-0.2, 0) is 9.53 Å². The number of rotatable bonds is 3. The molecule has 0 aliphatic carbocycles. The van der Waals surface area contributed by atoms with Crippen molar-refractivity contribution >= 4 is 34.9 Å². The fraction of sp³-hybridized carbons (Fsp3) is 0.400. The van der Waals surface area contributed by atoms with E-state index in [4.69, 9.17) is 10.5 Å². The fourth-order valence-electron chi connectivity index (χ4n) is 2.61. The summed E-state index contributed by atoms with van der Waals surface area (Å²) in [5, 5.41) is 11.2. The molecule has 9 nitrogen and oxygen atoms in total. The molecule has 1 aromatic carbocycles. The molecule has 0 bridgehead atoms. The second kappa shape index (κ2) is 5.68. The van der Waals surface area contributed by atoms with E-state index in [2.05, 4.69) is 4.99 Å². The SMILES string of the molecule is CC[N+]1(C(=O)OC(C)(C)C)C(C(N)=O)=Nc2c([N+](=O)[O-])cccc21. The maximum absolute atomic E-state index is 12.9. The summed E-state index contributed by atoms with van der Waals surface area (Å²) in [4.78, 5) is 39.4. The summed E-state index contributed by atoms with van der Waals surface area (Å²) in [6, 6.07) is 4.20. The van der Waals surface area contributed by atoms with Crippen LogP contribution in [0.15, 0.2) is 23.2 Å². The smallest absolute Gasteiger partial charge is 0.414 e. The highest BCUT2D eigenvalue weighted by molar-refractivity contribution is 6.46. The molecule has 1 aliphatic rings. The van der Waals surface area contributed by atoms with Crippen molar-refractivity contribution in [2.24, 2.45) is 10.7 Å². The van der Waals surface area contributed by atoms with Crippen molar-refractivity contribution in [1.82, 2.24) is 4.48 Å². The van der Waals surface area contributed by atoms with Gasteiger partial charge in [0.05, 0.1) is 11.5 Å². The first-order chi connectivity index (χ1) is 11.0. The largest absolute Gasteiger partial charge is 0.528 e. The highest BCUT2D eigenvalue weighted by Crippen LogP contribution is 2.46. The number of hydrogen-bond acceptors (Lipinski definition) is 6. The summed E-state index contributed by atoms with van der Waals surface area (Å²) in [7, 11) is 0. The van der Waals surface area contributed by atoms with Crippen LogP contribution in [0.25, 0.3) is 0 Å². The van der Waals surface area contributed by atoms with Crippen LogP contribution in [0.1, 0.15) is 27.7 Å². The van der Waals surface area contributed by atoms with Crippen molar-refractivity contribution < 1.29 is 19.2 Å². The van der Waals surface area contributed by atoms with E-state index in [1.165, 1.54) is 18.2 Å². The molecule has 1 aromatic rings. The Balaban J connectivity index is 2.75. The van der Waals surface area contributed by atoms with Gasteiger partial charge in [0.1, 0.15) is 5.60 Å². The second-order valence-corrected chi connectivity index (χ2v) is 6.31. The predicted octanol–water partition coefficient (Wildman–Crippen LogP) is 2.39. The Hall–Kier alpha value is -2.81. The zero-order valence-electron chi connectivity index (χ0n) is 13.9. The van der Waals surface area contributed by atoms with Gasteiger partial charge in [0, 0.05) is 12.1 Å². The molecule has 0 saturated heterocycles. The number of carbonyl (C=O) groups excluding carboxylic acids is 2. The van der Waals surface area contributed by atoms with Crippen LogP contribution in [0.4, 0.5) is 21.9 Å². The lowest BCUT2D eigenvalue weighted by Gasteiger charge is -2.31. The average molecular weight is 335 g/mol. The van der Waals surface area contributed by atoms with Gasteiger partial charge in [0.2, 0.25) is 5.69 Å². The fourth-order valence-corrected chi connectivity index (χ4v) is 2.61. The number of nitrogens with two attached hydrogens (primary N) is 1. The Labute approximate surface area is 138 Å². The molecule has 0 spiro atoms. The van der Waals surface area contributed by atoms with Crippen LogP contribution in [0.2, 0.25) is 0 Å². The van der Waals surface area contributed by atoms with E-state index in [9.17, 15) is 19.7 Å². The van der Waals surface area contributed by atoms with Crippen molar-refractivity contribution in [3.8, 4) is 0 Å². The Kier molecular flexibility index (Phi) is 4.15. The molecular weight excluding hydrogens is 316 g/mol. The third-order valence-corrected chi connectivity index (χ3v) is 3.58. The Morgan fingerprint density at radius 2 is 2.00 bits per heavy atom. The van der Waals surface area contributed by atoms with Crippen LogP contribution in [-0.4, -0.2) is 34.9 Å². The second-order valence-electron chi connectivity index (χ2n) is 6.31. The van der Waals surface area contributed by atoms with Crippen LogP contribution in [0, 0.1) is 10.1 Å². The topological polar surface area (TPSA) is 125 Å². The van der Waals surface area contributed by atoms with Gasteiger partial charge >= 0.3 is 23.5 Å². The lowest BCUT2D eigenvalue weighted by atomic mass is 10.2. The third kappa shape index (κ3) is 2.62. The van der Waals surface area contributed by atoms with Crippen LogP contribution in [0.3, 0.4) is 0 Å². The van der Waals surface area contributed by atoms with Gasteiger partial charge in [0.15, 0.2) is 5.69 Å². The zero-order chi connectivity index (χ0) is 18.3. The molecule has 1 aliphatic heterocycles. The molecule has 1 atom stereocenters. The van der Waals surface area contributed by atoms with Crippen molar-refractivity contribution in [2.75, 3.05) is 6.54 Å². The minimum Gasteiger partial charge on any atom is -0.414 e. The minimum atomic E-state index is -0.937. The first-order valence-corrected chi connectivity index (χ1v) is 7.33. The highest BCUT2D eigenvalue weighted by Gasteiger charge is 2.56. The van der Waals surface area contributed by atoms with E-state index >= 15 is 0 Å². The zero-order valence-corrected chi connectivity index (χ0v) is 13.9. The van der Waals surface area contributed by atoms with Crippen molar-refractivity contribution in [3.63, 3.8) is 0 Å². The first-order valence-electron chi connectivity index (χ1n) is 7.33. The summed E-state index contributed by atoms with van der Waals surface area (Å²) >= 11 is 0. The summed E-state index contributed by atoms with van der Waals surface area (Å²) < 4.78 is 4.72. The molecule has 9 heteroatoms. The van der Waals surface area contributed by atoms with Crippen molar-refractivity contribution in [3.05, 3.63) is 28.3 Å². The number of likely N-dealkylation sites (N-methyl/N-ethyl adjacent to an activating group) is 1. The molecule has 0 aromatic heterocycles. The lowest BCUT2D eigenvalue weighted by Crippen LogP contribution is -2.62. The Bertz CT molecular complexity index is 766. The van der Waals surface area contributed by atoms with Gasteiger partial charge in [0.25, 0.3) is 0 Å². The number of hydrogen-bond donors (Lipinski definition) is 1. The van der Waals surface area contributed by atoms with Gasteiger partial charge < -0.3 is 10.5 Å². The molecule has 0 fully saturated rings. The molecular formula is C15H19N4O5+. The first kappa shape index (κ1) is 17.5. The van der Waals surface area contributed by atoms with E-state index in [0.29, 0.717) is 0 Å². The molecule has 1 unspecified atom stereocenters. The van der Waals surface area contributed by atoms with E-state index in [0.717, 1.165) is 0 Å². The van der Waals surface area contributed by atoms with Gasteiger partial charge in [-0.25, -0.2) is 0 Å². The summed E-state index contributed by atoms with van der Waals surface area (Å²) in [5.74, 6) is -1.23. The molecule has 0 saturated carbocycles. The molecule has 128 valence electrons. The van der Waals surface area contributed by atoms with Crippen molar-refractivity contribution in [1.29, 1.82) is 0 Å². The number of nitro benzene ring substituents is 1. The van der Waals surface area contributed by atoms with Crippen molar-refractivity contribution in [2.45, 2.75) is 33.3 Å². The number of aliphatic imine (C=N–C) groups is 1. The van der Waals surface area contributed by atoms with Gasteiger partial charge in [-0.05, 0) is 33.8 Å². The van der Waals surface area contributed by atoms with E-state index in [1.807, 2.05) is 0 Å². The monoisotopic (exact) mass is 335 g/mol. The molecule has 0 radical (unpaired) electrons. The Morgan fingerprint density at radius 3 is 2.46 bits per heavy atom. The standard InChI is InChI=1S/C15H18N4O5/c1-5-19(14(21)24-15(2,3)4)10-8-6-7-9(18(22)23)11(10)17-13(19)12(16)20/h6-8H,5H2,1-4H3,(H-,16,20)/p+1. The highest BCUT2D eigenvalue weighted by atomic mass is 16.6. The number of nitro groups is 1. The van der Waals surface area contributed by atoms with E-state index < -0.39 is 27.0 Å². The number of ether oxygens (including phenoxy) is 1. The number of benzene rings is 1. The van der Waals surface area contributed by atoms with Crippen LogP contribution in [0.5, 0.6) is 0 Å². The number of nitrogens with zero attached hydrogens (tertiary/aromatic N) is 3. The van der Waals surface area contributed by atoms with Gasteiger partial charge in [-0.15, -0.1) is 4.48 Å². The molecule has 2 amide bonds. The summed E-state index contributed by atoms with van der Waals surface area (Å²) in [6.45, 7) is 6.77. The number of para-hydroxylation sites is 1. The maximum atomic E-state index is 12.9. The molecule has 2 N–H and O–H groups in total. The third-order valence-electron chi connectivity index (χ3n) is 3.58. The minimum absolute atomic E-state index is 0.0518. The molecule has 1 heterocycles. The number of fused-ring (bicyclic) bond motifs is 1. The number of primary amides is 1. The average Bonchev–Trinajstić information content (AvgIpc) is 2.80. The van der Waals surface area contributed by atoms with Gasteiger partial charge in [-0.1, -0.05) is 0 Å². The number of amidine groups is 1. The normalized spacial score (nSPS) is 19.4. The van der Waals surface area contributed by atoms with Gasteiger partial charge in [-0.2, -0.15) is 9.79 Å². The quantitative estimate of drug-likeness (QED) is 0.516. The van der Waals surface area contributed by atoms with Crippen LogP contribution >= 0.6 is 0 Å². The summed E-state index contributed by atoms with van der Waals surface area (Å²) in [6.07, 6.45) is -0.762.